The molecule has 1 aromatic carbocycles. The van der Waals surface area contributed by atoms with Gasteiger partial charge >= 0.3 is 0 Å². The Balaban J connectivity index is 3.06. The topological polar surface area (TPSA) is 49.7 Å². The second-order valence-corrected chi connectivity index (χ2v) is 4.90. The first-order valence-corrected chi connectivity index (χ1v) is 4.92. The van der Waals surface area contributed by atoms with E-state index in [1.807, 2.05) is 0 Å². The highest BCUT2D eigenvalue weighted by Gasteiger charge is 2.15. The van der Waals surface area contributed by atoms with Gasteiger partial charge < -0.3 is 14.9 Å². The molecule has 84 valence electrons. The number of phenols is 2. The quantitative estimate of drug-likeness (QED) is 0.738. The number of hydrogen-bond donors (Lipinski definition) is 2. The maximum absolute atomic E-state index is 9.48. The molecule has 0 fully saturated rings. The van der Waals surface area contributed by atoms with Gasteiger partial charge in [0.25, 0.3) is 0 Å². The third-order valence-corrected chi connectivity index (χ3v) is 2.07. The third kappa shape index (κ3) is 3.05. The lowest BCUT2D eigenvalue weighted by Crippen LogP contribution is -2.09. The third-order valence-electron chi connectivity index (χ3n) is 2.07. The Morgan fingerprint density at radius 1 is 1.20 bits per heavy atom. The number of methoxy groups -OCH3 is 1. The number of rotatable bonds is 2. The highest BCUT2D eigenvalue weighted by Crippen LogP contribution is 2.37. The second-order valence-electron chi connectivity index (χ2n) is 4.90. The minimum atomic E-state index is -0.199. The molecule has 15 heavy (non-hydrogen) atoms. The van der Waals surface area contributed by atoms with Crippen LogP contribution < -0.4 is 4.74 Å². The van der Waals surface area contributed by atoms with Crippen LogP contribution in [0.4, 0.5) is 0 Å². The van der Waals surface area contributed by atoms with Gasteiger partial charge in [0.2, 0.25) is 5.75 Å². The van der Waals surface area contributed by atoms with E-state index in [4.69, 9.17) is 4.74 Å². The first-order valence-electron chi connectivity index (χ1n) is 4.92. The summed E-state index contributed by atoms with van der Waals surface area (Å²) in [4.78, 5) is 0. The van der Waals surface area contributed by atoms with Gasteiger partial charge in [-0.2, -0.15) is 0 Å². The molecule has 0 amide bonds. The Labute approximate surface area is 90.3 Å². The highest BCUT2D eigenvalue weighted by atomic mass is 16.5. The van der Waals surface area contributed by atoms with Gasteiger partial charge in [-0.1, -0.05) is 20.8 Å². The van der Waals surface area contributed by atoms with Gasteiger partial charge in [0.1, 0.15) is 0 Å². The Morgan fingerprint density at radius 2 is 1.80 bits per heavy atom. The number of phenolic OH excluding ortho intramolecular Hbond substituents is 2. The van der Waals surface area contributed by atoms with Crippen molar-refractivity contribution in [2.75, 3.05) is 7.11 Å². The molecule has 2 N–H and O–H groups in total. The maximum atomic E-state index is 9.48. The summed E-state index contributed by atoms with van der Waals surface area (Å²) < 4.78 is 4.97. The Kier molecular flexibility index (Phi) is 3.12. The minimum Gasteiger partial charge on any atom is -0.504 e. The van der Waals surface area contributed by atoms with Crippen molar-refractivity contribution in [1.29, 1.82) is 0 Å². The van der Waals surface area contributed by atoms with Crippen LogP contribution in [0.3, 0.4) is 0 Å². The van der Waals surface area contributed by atoms with Gasteiger partial charge in [-0.25, -0.2) is 0 Å². The first-order chi connectivity index (χ1) is 6.83. The van der Waals surface area contributed by atoms with Crippen molar-refractivity contribution in [2.45, 2.75) is 27.2 Å². The predicted molar refractivity (Wildman–Crippen MR) is 59.5 cm³/mol. The number of aromatic hydroxyl groups is 2. The van der Waals surface area contributed by atoms with Crippen molar-refractivity contribution in [1.82, 2.24) is 0 Å². The van der Waals surface area contributed by atoms with E-state index in [1.54, 1.807) is 12.1 Å². The summed E-state index contributed by atoms with van der Waals surface area (Å²) in [5, 5.41) is 18.9. The summed E-state index contributed by atoms with van der Waals surface area (Å²) in [6.07, 6.45) is 0.817. The van der Waals surface area contributed by atoms with E-state index in [-0.39, 0.29) is 16.9 Å². The van der Waals surface area contributed by atoms with Gasteiger partial charge in [-0.05, 0) is 29.5 Å². The molecular weight excluding hydrogens is 192 g/mol. The van der Waals surface area contributed by atoms with Crippen molar-refractivity contribution in [3.8, 4) is 17.2 Å². The van der Waals surface area contributed by atoms with Crippen LogP contribution in [0.2, 0.25) is 0 Å². The summed E-state index contributed by atoms with van der Waals surface area (Å²) in [7, 11) is 1.47. The molecule has 3 nitrogen and oxygen atoms in total. The van der Waals surface area contributed by atoms with E-state index in [2.05, 4.69) is 20.8 Å². The highest BCUT2D eigenvalue weighted by molar-refractivity contribution is 5.52. The lowest BCUT2D eigenvalue weighted by molar-refractivity contribution is 0.347. The Hall–Kier alpha value is -1.38. The molecule has 0 unspecified atom stereocenters. The smallest absolute Gasteiger partial charge is 0.200 e. The number of benzene rings is 1. The van der Waals surface area contributed by atoms with E-state index in [0.717, 1.165) is 12.0 Å². The van der Waals surface area contributed by atoms with Crippen LogP contribution in [0, 0.1) is 5.41 Å². The molecule has 1 aromatic rings. The normalized spacial score (nSPS) is 11.5. The van der Waals surface area contributed by atoms with Crippen LogP contribution in [0.1, 0.15) is 26.3 Å². The number of hydrogen-bond acceptors (Lipinski definition) is 3. The standard InChI is InChI=1S/C12H18O3/c1-12(2,3)7-8-5-9(13)11(14)10(6-8)15-4/h5-6,13-14H,7H2,1-4H3. The summed E-state index contributed by atoms with van der Waals surface area (Å²) in [6.45, 7) is 6.34. The fourth-order valence-corrected chi connectivity index (χ4v) is 1.52. The fraction of sp³-hybridized carbons (Fsp3) is 0.500. The largest absolute Gasteiger partial charge is 0.504 e. The summed E-state index contributed by atoms with van der Waals surface area (Å²) >= 11 is 0. The zero-order valence-corrected chi connectivity index (χ0v) is 9.66. The van der Waals surface area contributed by atoms with Crippen molar-refractivity contribution < 1.29 is 14.9 Å². The molecule has 0 saturated carbocycles. The summed E-state index contributed by atoms with van der Waals surface area (Å²) in [5.74, 6) is -0.0157. The molecule has 0 radical (unpaired) electrons. The van der Waals surface area contributed by atoms with Gasteiger partial charge in [0, 0.05) is 0 Å². The molecule has 0 spiro atoms. The average Bonchev–Trinajstić information content (AvgIpc) is 2.08. The van der Waals surface area contributed by atoms with Crippen LogP contribution in [-0.4, -0.2) is 17.3 Å². The van der Waals surface area contributed by atoms with Crippen molar-refractivity contribution >= 4 is 0 Å². The molecule has 3 heteroatoms. The van der Waals surface area contributed by atoms with E-state index < -0.39 is 0 Å². The molecule has 0 aromatic heterocycles. The first kappa shape index (κ1) is 11.7. The molecule has 0 saturated heterocycles. The zero-order valence-electron chi connectivity index (χ0n) is 9.66. The van der Waals surface area contributed by atoms with Gasteiger partial charge in [0.15, 0.2) is 11.5 Å². The zero-order chi connectivity index (χ0) is 11.6. The Bertz CT molecular complexity index is 351. The van der Waals surface area contributed by atoms with E-state index in [9.17, 15) is 10.2 Å². The van der Waals surface area contributed by atoms with Gasteiger partial charge in [-0.3, -0.25) is 0 Å². The fourth-order valence-electron chi connectivity index (χ4n) is 1.52. The molecule has 0 aliphatic carbocycles. The summed E-state index contributed by atoms with van der Waals surface area (Å²) in [6, 6.07) is 3.32. The lowest BCUT2D eigenvalue weighted by atomic mass is 9.88. The SMILES string of the molecule is COc1cc(CC(C)(C)C)cc(O)c1O. The molecule has 1 rings (SSSR count). The van der Waals surface area contributed by atoms with E-state index >= 15 is 0 Å². The van der Waals surface area contributed by atoms with Crippen LogP contribution >= 0.6 is 0 Å². The summed E-state index contributed by atoms with van der Waals surface area (Å²) in [5.41, 5.74) is 1.09. The van der Waals surface area contributed by atoms with E-state index in [0.29, 0.717) is 5.75 Å². The minimum absolute atomic E-state index is 0.131. The average molecular weight is 210 g/mol. The van der Waals surface area contributed by atoms with E-state index in [1.165, 1.54) is 7.11 Å². The van der Waals surface area contributed by atoms with Crippen molar-refractivity contribution in [3.63, 3.8) is 0 Å². The molecular formula is C12H18O3. The predicted octanol–water partition coefficient (Wildman–Crippen LogP) is 2.70. The Morgan fingerprint density at radius 3 is 2.27 bits per heavy atom. The number of ether oxygens (including phenoxy) is 1. The molecule has 0 aliphatic rings. The molecule has 0 heterocycles. The second kappa shape index (κ2) is 4.01. The van der Waals surface area contributed by atoms with Gasteiger partial charge in [-0.15, -0.1) is 0 Å². The lowest BCUT2D eigenvalue weighted by Gasteiger charge is -2.19. The van der Waals surface area contributed by atoms with Crippen LogP contribution in [-0.2, 0) is 6.42 Å². The monoisotopic (exact) mass is 210 g/mol. The van der Waals surface area contributed by atoms with Crippen LogP contribution in [0.15, 0.2) is 12.1 Å². The van der Waals surface area contributed by atoms with Crippen LogP contribution in [0.25, 0.3) is 0 Å². The molecule has 0 atom stereocenters. The molecule has 0 bridgehead atoms. The van der Waals surface area contributed by atoms with Crippen LogP contribution in [0.5, 0.6) is 17.2 Å². The van der Waals surface area contributed by atoms with Gasteiger partial charge in [0.05, 0.1) is 7.11 Å². The van der Waals surface area contributed by atoms with Crippen molar-refractivity contribution in [3.05, 3.63) is 17.7 Å². The maximum Gasteiger partial charge on any atom is 0.200 e. The van der Waals surface area contributed by atoms with Crippen molar-refractivity contribution in [2.24, 2.45) is 5.41 Å². The molecule has 0 aliphatic heterocycles.